The first-order valence-corrected chi connectivity index (χ1v) is 10.9. The molecule has 0 unspecified atom stereocenters. The van der Waals surface area contributed by atoms with E-state index in [1.54, 1.807) is 13.2 Å². The van der Waals surface area contributed by atoms with Crippen LogP contribution in [-0.4, -0.2) is 40.6 Å². The molecule has 0 aromatic carbocycles. The van der Waals surface area contributed by atoms with Gasteiger partial charge < -0.3 is 21.2 Å². The Bertz CT molecular complexity index is 734. The molecule has 2 aliphatic rings. The summed E-state index contributed by atoms with van der Waals surface area (Å²) in [5.41, 5.74) is 14.1. The number of aromatic nitrogens is 1. The number of rotatable bonds is 8. The third-order valence-electron chi connectivity index (χ3n) is 5.93. The van der Waals surface area contributed by atoms with Gasteiger partial charge in [-0.1, -0.05) is 19.3 Å². The molecule has 0 saturated heterocycles. The highest BCUT2D eigenvalue weighted by Gasteiger charge is 2.20. The van der Waals surface area contributed by atoms with Gasteiger partial charge >= 0.3 is 0 Å². The zero-order chi connectivity index (χ0) is 21.5. The zero-order valence-corrected chi connectivity index (χ0v) is 18.0. The first-order valence-electron chi connectivity index (χ1n) is 10.9. The second-order valence-electron chi connectivity index (χ2n) is 8.33. The van der Waals surface area contributed by atoms with Crippen molar-refractivity contribution in [3.63, 3.8) is 0 Å². The molecule has 0 amide bonds. The average Bonchev–Trinajstić information content (AvgIpc) is 3.28. The summed E-state index contributed by atoms with van der Waals surface area (Å²) in [6.07, 6.45) is 12.4. The van der Waals surface area contributed by atoms with Crippen molar-refractivity contribution in [2.75, 3.05) is 13.6 Å². The molecule has 0 radical (unpaired) electrons. The van der Waals surface area contributed by atoms with E-state index in [4.69, 9.17) is 27.9 Å². The van der Waals surface area contributed by atoms with Crippen LogP contribution in [0.5, 0.6) is 5.75 Å². The summed E-state index contributed by atoms with van der Waals surface area (Å²) in [6, 6.07) is 3.74. The lowest BCUT2D eigenvalue weighted by atomic mass is 9.98. The Labute approximate surface area is 179 Å². The molecule has 3 rings (SSSR count). The molecular formula is C21H36N8O. The molecule has 0 spiro atoms. The summed E-state index contributed by atoms with van der Waals surface area (Å²) < 4.78 is 6.04. The molecular weight excluding hydrogens is 380 g/mol. The fourth-order valence-electron chi connectivity index (χ4n) is 4.16. The van der Waals surface area contributed by atoms with Crippen molar-refractivity contribution in [3.8, 4) is 5.75 Å². The zero-order valence-electron chi connectivity index (χ0n) is 18.0. The third kappa shape index (κ3) is 5.99. The van der Waals surface area contributed by atoms with E-state index in [-0.39, 0.29) is 12.6 Å². The van der Waals surface area contributed by atoms with Gasteiger partial charge in [-0.05, 0) is 50.7 Å². The number of likely N-dealkylation sites (N-methyl/N-ethyl adjacent to an activating group) is 1. The molecule has 8 N–H and O–H groups in total. The number of hydrazine groups is 2. The highest BCUT2D eigenvalue weighted by Crippen LogP contribution is 2.25. The highest BCUT2D eigenvalue weighted by atomic mass is 16.5. The van der Waals surface area contributed by atoms with Crippen molar-refractivity contribution in [2.24, 2.45) is 34.2 Å². The number of hydrazone groups is 1. The van der Waals surface area contributed by atoms with Crippen LogP contribution in [0, 0.1) is 5.92 Å². The molecule has 2 saturated carbocycles. The molecule has 0 bridgehead atoms. The summed E-state index contributed by atoms with van der Waals surface area (Å²) in [7, 11) is 1.71. The average molecular weight is 417 g/mol. The lowest BCUT2D eigenvalue weighted by molar-refractivity contribution is 0.154. The van der Waals surface area contributed by atoms with E-state index >= 15 is 0 Å². The predicted molar refractivity (Wildman–Crippen MR) is 119 cm³/mol. The van der Waals surface area contributed by atoms with Crippen molar-refractivity contribution >= 4 is 11.5 Å². The topological polar surface area (TPSA) is 145 Å². The number of pyridine rings is 1. The quantitative estimate of drug-likeness (QED) is 0.217. The van der Waals surface area contributed by atoms with Crippen molar-refractivity contribution in [1.29, 1.82) is 0 Å². The monoisotopic (exact) mass is 416 g/mol. The first kappa shape index (κ1) is 22.2. The first-order chi connectivity index (χ1) is 14.4. The minimum absolute atomic E-state index is 0.217. The maximum atomic E-state index is 6.37. The number of nitrogens with two attached hydrogens (primary N) is 4. The standard InChI is InChI=1S/C21H36N8O/c1-28(24)19(14-29(25)27-21(23)15-7-5-6-8-15)20(22)18-12-11-17(13-26-18)30-16-9-3-2-4-10-16/h11-13,15-16H,2-10,14,22,24-25H2,1H3,(H2,23,27)/b20-19-. The van der Waals surface area contributed by atoms with Gasteiger partial charge in [-0.15, -0.1) is 5.10 Å². The Kier molecular flexibility index (Phi) is 7.75. The smallest absolute Gasteiger partial charge is 0.138 e. The van der Waals surface area contributed by atoms with Gasteiger partial charge in [0.25, 0.3) is 0 Å². The van der Waals surface area contributed by atoms with Crippen LogP contribution in [0.15, 0.2) is 29.1 Å². The van der Waals surface area contributed by atoms with Crippen LogP contribution >= 0.6 is 0 Å². The van der Waals surface area contributed by atoms with Crippen LogP contribution in [0.1, 0.15) is 63.5 Å². The van der Waals surface area contributed by atoms with Crippen LogP contribution in [0.3, 0.4) is 0 Å². The normalized spacial score (nSPS) is 19.5. The van der Waals surface area contributed by atoms with Gasteiger partial charge in [0, 0.05) is 13.0 Å². The van der Waals surface area contributed by atoms with Crippen molar-refractivity contribution in [3.05, 3.63) is 29.7 Å². The second kappa shape index (κ2) is 10.5. The van der Waals surface area contributed by atoms with E-state index in [0.29, 0.717) is 28.8 Å². The molecule has 2 aliphatic carbocycles. The number of ether oxygens (including phenoxy) is 1. The van der Waals surface area contributed by atoms with Gasteiger partial charge in [0.1, 0.15) is 11.6 Å². The van der Waals surface area contributed by atoms with Crippen molar-refractivity contribution in [2.45, 2.75) is 63.9 Å². The number of hydrogen-bond donors (Lipinski definition) is 4. The largest absolute Gasteiger partial charge is 0.489 e. The minimum Gasteiger partial charge on any atom is -0.489 e. The Balaban J connectivity index is 1.68. The van der Waals surface area contributed by atoms with Gasteiger partial charge in [0.15, 0.2) is 0 Å². The van der Waals surface area contributed by atoms with E-state index < -0.39 is 0 Å². The number of nitrogens with zero attached hydrogens (tertiary/aromatic N) is 4. The fourth-order valence-corrected chi connectivity index (χ4v) is 4.16. The lowest BCUT2D eigenvalue weighted by Gasteiger charge is -2.24. The molecule has 30 heavy (non-hydrogen) atoms. The summed E-state index contributed by atoms with van der Waals surface area (Å²) in [4.78, 5) is 4.47. The second-order valence-corrected chi connectivity index (χ2v) is 8.33. The summed E-state index contributed by atoms with van der Waals surface area (Å²) in [5.74, 6) is 13.7. The third-order valence-corrected chi connectivity index (χ3v) is 5.93. The molecule has 9 nitrogen and oxygen atoms in total. The number of hydrogen-bond acceptors (Lipinski definition) is 8. The van der Waals surface area contributed by atoms with E-state index in [2.05, 4.69) is 10.1 Å². The van der Waals surface area contributed by atoms with Crippen LogP contribution in [0.4, 0.5) is 0 Å². The SMILES string of the molecule is CN(N)/C(CN(N)/N=C(\N)C1CCCC1)=C(\N)c1ccc(OC2CCCCC2)cn1. The molecule has 166 valence electrons. The Morgan fingerprint density at radius 2 is 1.73 bits per heavy atom. The summed E-state index contributed by atoms with van der Waals surface area (Å²) >= 11 is 0. The maximum absolute atomic E-state index is 6.37. The fraction of sp³-hybridized carbons (Fsp3) is 0.619. The molecule has 0 atom stereocenters. The van der Waals surface area contributed by atoms with Gasteiger partial charge in [0.05, 0.1) is 35.9 Å². The number of amidine groups is 1. The van der Waals surface area contributed by atoms with Gasteiger partial charge in [-0.2, -0.15) is 0 Å². The Hall–Kier alpha value is -2.52. The predicted octanol–water partition coefficient (Wildman–Crippen LogP) is 1.86. The molecule has 1 heterocycles. The molecule has 2 fully saturated rings. The van der Waals surface area contributed by atoms with E-state index in [1.807, 2.05) is 12.1 Å². The lowest BCUT2D eigenvalue weighted by Crippen LogP contribution is -2.39. The summed E-state index contributed by atoms with van der Waals surface area (Å²) in [6.45, 7) is 0.217. The Morgan fingerprint density at radius 3 is 2.33 bits per heavy atom. The van der Waals surface area contributed by atoms with E-state index in [0.717, 1.165) is 31.4 Å². The van der Waals surface area contributed by atoms with Crippen LogP contribution < -0.4 is 27.9 Å². The Morgan fingerprint density at radius 1 is 1.07 bits per heavy atom. The minimum atomic E-state index is 0.217. The van der Waals surface area contributed by atoms with Crippen LogP contribution in [0.25, 0.3) is 5.70 Å². The van der Waals surface area contributed by atoms with Crippen molar-refractivity contribution in [1.82, 2.24) is 15.1 Å². The van der Waals surface area contributed by atoms with Crippen molar-refractivity contribution < 1.29 is 4.74 Å². The molecule has 1 aromatic heterocycles. The van der Waals surface area contributed by atoms with Crippen LogP contribution in [-0.2, 0) is 0 Å². The maximum Gasteiger partial charge on any atom is 0.138 e. The molecule has 0 aliphatic heterocycles. The van der Waals surface area contributed by atoms with E-state index in [9.17, 15) is 0 Å². The molecule has 9 heteroatoms. The van der Waals surface area contributed by atoms with Crippen LogP contribution in [0.2, 0.25) is 0 Å². The van der Waals surface area contributed by atoms with E-state index in [1.165, 1.54) is 42.2 Å². The van der Waals surface area contributed by atoms with Gasteiger partial charge in [-0.3, -0.25) is 4.98 Å². The summed E-state index contributed by atoms with van der Waals surface area (Å²) in [5, 5.41) is 7.06. The van der Waals surface area contributed by atoms with Gasteiger partial charge in [0.2, 0.25) is 0 Å². The molecule has 1 aromatic rings. The van der Waals surface area contributed by atoms with Gasteiger partial charge in [-0.25, -0.2) is 16.8 Å². The highest BCUT2D eigenvalue weighted by molar-refractivity contribution is 5.82.